The van der Waals surface area contributed by atoms with Crippen LogP contribution in [-0.4, -0.2) is 25.5 Å². The first kappa shape index (κ1) is 17.5. The minimum absolute atomic E-state index is 0.130. The Bertz CT molecular complexity index is 724. The topological polar surface area (TPSA) is 67.4 Å². The van der Waals surface area contributed by atoms with Crippen LogP contribution in [0.5, 0.6) is 5.75 Å². The first-order valence-electron chi connectivity index (χ1n) is 7.79. The van der Waals surface area contributed by atoms with Gasteiger partial charge in [-0.2, -0.15) is 0 Å². The maximum atomic E-state index is 12.1. The number of amides is 2. The molecular formula is C19H22N2O3. The second-order valence-corrected chi connectivity index (χ2v) is 5.57. The van der Waals surface area contributed by atoms with Crippen molar-refractivity contribution in [2.75, 3.05) is 19.0 Å². The molecule has 0 saturated carbocycles. The fourth-order valence-electron chi connectivity index (χ4n) is 2.43. The Balaban J connectivity index is 1.86. The Hall–Kier alpha value is -2.82. The minimum atomic E-state index is -0.137. The molecule has 0 aliphatic heterocycles. The SMILES string of the molecule is COc1ccc(CCNC(=O)c2ccc(NC(C)=O)cc2)cc1C. The molecule has 24 heavy (non-hydrogen) atoms. The molecule has 0 saturated heterocycles. The van der Waals surface area contributed by atoms with Crippen molar-refractivity contribution in [2.24, 2.45) is 0 Å². The molecule has 0 bridgehead atoms. The van der Waals surface area contributed by atoms with Crippen LogP contribution >= 0.6 is 0 Å². The second kappa shape index (κ2) is 8.15. The number of benzene rings is 2. The lowest BCUT2D eigenvalue weighted by molar-refractivity contribution is -0.114. The van der Waals surface area contributed by atoms with Gasteiger partial charge in [-0.05, 0) is 54.8 Å². The van der Waals surface area contributed by atoms with E-state index in [1.54, 1.807) is 31.4 Å². The van der Waals surface area contributed by atoms with E-state index in [1.807, 2.05) is 19.1 Å². The lowest BCUT2D eigenvalue weighted by Gasteiger charge is -2.09. The van der Waals surface area contributed by atoms with Crippen molar-refractivity contribution in [2.45, 2.75) is 20.3 Å². The van der Waals surface area contributed by atoms with E-state index in [9.17, 15) is 9.59 Å². The molecule has 5 nitrogen and oxygen atoms in total. The van der Waals surface area contributed by atoms with E-state index >= 15 is 0 Å². The number of ether oxygens (including phenoxy) is 1. The maximum absolute atomic E-state index is 12.1. The summed E-state index contributed by atoms with van der Waals surface area (Å²) in [6.45, 7) is 4.00. The maximum Gasteiger partial charge on any atom is 0.251 e. The number of carbonyl (C=O) groups excluding carboxylic acids is 2. The standard InChI is InChI=1S/C19H22N2O3/c1-13-12-15(4-9-18(13)24-3)10-11-20-19(23)16-5-7-17(8-6-16)21-14(2)22/h4-9,12H,10-11H2,1-3H3,(H,20,23)(H,21,22). The number of hydrogen-bond donors (Lipinski definition) is 2. The number of nitrogens with one attached hydrogen (secondary N) is 2. The van der Waals surface area contributed by atoms with Crippen LogP contribution in [0.2, 0.25) is 0 Å². The fourth-order valence-corrected chi connectivity index (χ4v) is 2.43. The number of methoxy groups -OCH3 is 1. The highest BCUT2D eigenvalue weighted by atomic mass is 16.5. The predicted molar refractivity (Wildman–Crippen MR) is 94.5 cm³/mol. The van der Waals surface area contributed by atoms with Crippen LogP contribution in [0.3, 0.4) is 0 Å². The van der Waals surface area contributed by atoms with Crippen LogP contribution in [0.4, 0.5) is 5.69 Å². The van der Waals surface area contributed by atoms with Crippen LogP contribution in [-0.2, 0) is 11.2 Å². The highest BCUT2D eigenvalue weighted by Crippen LogP contribution is 2.18. The Morgan fingerprint density at radius 3 is 2.38 bits per heavy atom. The van der Waals surface area contributed by atoms with Gasteiger partial charge in [0.1, 0.15) is 5.75 Å². The molecule has 2 aromatic carbocycles. The summed E-state index contributed by atoms with van der Waals surface area (Å²) >= 11 is 0. The van der Waals surface area contributed by atoms with Gasteiger partial charge in [0.25, 0.3) is 5.91 Å². The zero-order valence-electron chi connectivity index (χ0n) is 14.2. The van der Waals surface area contributed by atoms with Gasteiger partial charge >= 0.3 is 0 Å². The molecule has 0 aliphatic carbocycles. The van der Waals surface area contributed by atoms with Crippen LogP contribution in [0.25, 0.3) is 0 Å². The van der Waals surface area contributed by atoms with Crippen LogP contribution in [0.15, 0.2) is 42.5 Å². The summed E-state index contributed by atoms with van der Waals surface area (Å²) in [5.41, 5.74) is 3.47. The molecule has 0 heterocycles. The molecule has 0 radical (unpaired) electrons. The Morgan fingerprint density at radius 2 is 1.79 bits per heavy atom. The third kappa shape index (κ3) is 4.84. The molecule has 5 heteroatoms. The zero-order chi connectivity index (χ0) is 17.5. The fraction of sp³-hybridized carbons (Fsp3) is 0.263. The molecule has 0 aromatic heterocycles. The van der Waals surface area contributed by atoms with Crippen LogP contribution in [0, 0.1) is 6.92 Å². The van der Waals surface area contributed by atoms with E-state index in [-0.39, 0.29) is 11.8 Å². The Morgan fingerprint density at radius 1 is 1.08 bits per heavy atom. The predicted octanol–water partition coefficient (Wildman–Crippen LogP) is 2.93. The highest BCUT2D eigenvalue weighted by Gasteiger charge is 2.06. The lowest BCUT2D eigenvalue weighted by atomic mass is 10.1. The smallest absolute Gasteiger partial charge is 0.251 e. The normalized spacial score (nSPS) is 10.1. The quantitative estimate of drug-likeness (QED) is 0.857. The van der Waals surface area contributed by atoms with Crippen molar-refractivity contribution in [3.63, 3.8) is 0 Å². The molecule has 0 unspecified atom stereocenters. The van der Waals surface area contributed by atoms with Crippen molar-refractivity contribution in [3.8, 4) is 5.75 Å². The molecule has 0 atom stereocenters. The number of anilines is 1. The summed E-state index contributed by atoms with van der Waals surface area (Å²) < 4.78 is 5.24. The minimum Gasteiger partial charge on any atom is -0.496 e. The van der Waals surface area contributed by atoms with Crippen molar-refractivity contribution >= 4 is 17.5 Å². The molecule has 0 fully saturated rings. The van der Waals surface area contributed by atoms with E-state index < -0.39 is 0 Å². The molecule has 2 amide bonds. The first-order chi connectivity index (χ1) is 11.5. The average Bonchev–Trinajstić information content (AvgIpc) is 2.55. The largest absolute Gasteiger partial charge is 0.496 e. The van der Waals surface area contributed by atoms with Crippen LogP contribution < -0.4 is 15.4 Å². The lowest BCUT2D eigenvalue weighted by Crippen LogP contribution is -2.25. The molecular weight excluding hydrogens is 304 g/mol. The van der Waals surface area contributed by atoms with Crippen molar-refractivity contribution in [1.82, 2.24) is 5.32 Å². The van der Waals surface area contributed by atoms with E-state index in [1.165, 1.54) is 6.92 Å². The molecule has 2 N–H and O–H groups in total. The molecule has 0 spiro atoms. The summed E-state index contributed by atoms with van der Waals surface area (Å²) in [6.07, 6.45) is 0.751. The Labute approximate surface area is 142 Å². The van der Waals surface area contributed by atoms with E-state index in [0.29, 0.717) is 17.8 Å². The van der Waals surface area contributed by atoms with Gasteiger partial charge in [-0.25, -0.2) is 0 Å². The van der Waals surface area contributed by atoms with Crippen molar-refractivity contribution in [3.05, 3.63) is 59.2 Å². The van der Waals surface area contributed by atoms with Gasteiger partial charge in [0.15, 0.2) is 0 Å². The van der Waals surface area contributed by atoms with Gasteiger partial charge in [0.05, 0.1) is 7.11 Å². The van der Waals surface area contributed by atoms with Gasteiger partial charge in [0, 0.05) is 24.7 Å². The number of aryl methyl sites for hydroxylation is 1. The summed E-state index contributed by atoms with van der Waals surface area (Å²) in [6, 6.07) is 12.8. The Kier molecular flexibility index (Phi) is 5.95. The zero-order valence-corrected chi connectivity index (χ0v) is 14.2. The van der Waals surface area contributed by atoms with Gasteiger partial charge in [-0.1, -0.05) is 12.1 Å². The summed E-state index contributed by atoms with van der Waals surface area (Å²) in [7, 11) is 1.65. The van der Waals surface area contributed by atoms with Crippen LogP contribution in [0.1, 0.15) is 28.4 Å². The first-order valence-corrected chi connectivity index (χ1v) is 7.79. The molecule has 126 valence electrons. The van der Waals surface area contributed by atoms with Gasteiger partial charge in [-0.3, -0.25) is 9.59 Å². The van der Waals surface area contributed by atoms with Gasteiger partial charge in [0.2, 0.25) is 5.91 Å². The molecule has 2 rings (SSSR count). The number of carbonyl (C=O) groups is 2. The summed E-state index contributed by atoms with van der Waals surface area (Å²) in [4.78, 5) is 23.1. The summed E-state index contributed by atoms with van der Waals surface area (Å²) in [5.74, 6) is 0.596. The average molecular weight is 326 g/mol. The number of rotatable bonds is 6. The van der Waals surface area contributed by atoms with E-state index in [0.717, 1.165) is 23.3 Å². The van der Waals surface area contributed by atoms with E-state index in [2.05, 4.69) is 16.7 Å². The third-order valence-electron chi connectivity index (χ3n) is 3.63. The summed E-state index contributed by atoms with van der Waals surface area (Å²) in [5, 5.41) is 5.57. The third-order valence-corrected chi connectivity index (χ3v) is 3.63. The number of hydrogen-bond acceptors (Lipinski definition) is 3. The molecule has 0 aliphatic rings. The van der Waals surface area contributed by atoms with Gasteiger partial charge < -0.3 is 15.4 Å². The highest BCUT2D eigenvalue weighted by molar-refractivity contribution is 5.95. The van der Waals surface area contributed by atoms with Gasteiger partial charge in [-0.15, -0.1) is 0 Å². The monoisotopic (exact) mass is 326 g/mol. The second-order valence-electron chi connectivity index (χ2n) is 5.57. The van der Waals surface area contributed by atoms with Crippen molar-refractivity contribution < 1.29 is 14.3 Å². The van der Waals surface area contributed by atoms with Crippen molar-refractivity contribution in [1.29, 1.82) is 0 Å². The molecule has 2 aromatic rings. The van der Waals surface area contributed by atoms with E-state index in [4.69, 9.17) is 4.74 Å².